The van der Waals surface area contributed by atoms with E-state index in [0.717, 1.165) is 25.9 Å². The Morgan fingerprint density at radius 3 is 2.73 bits per heavy atom. The smallest absolute Gasteiger partial charge is 0.277 e. The summed E-state index contributed by atoms with van der Waals surface area (Å²) in [4.78, 5) is 0. The Hall–Kier alpha value is -0.170. The van der Waals surface area contributed by atoms with Crippen molar-refractivity contribution in [3.63, 3.8) is 0 Å². The monoisotopic (exact) mass is 235 g/mol. The van der Waals surface area contributed by atoms with E-state index >= 15 is 0 Å². The number of rotatable bonds is 5. The molecule has 15 heavy (non-hydrogen) atoms. The predicted octanol–water partition coefficient (Wildman–Crippen LogP) is -0.182. The lowest BCUT2D eigenvalue weighted by molar-refractivity contribution is 0.375. The maximum atomic E-state index is 11.4. The SMILES string of the molecule is CC(C)NS(=O)(=O)NCC1CCCNC1. The van der Waals surface area contributed by atoms with E-state index < -0.39 is 10.2 Å². The van der Waals surface area contributed by atoms with Crippen LogP contribution in [0.2, 0.25) is 0 Å². The summed E-state index contributed by atoms with van der Waals surface area (Å²) in [6.07, 6.45) is 2.22. The van der Waals surface area contributed by atoms with Crippen LogP contribution in [0.1, 0.15) is 26.7 Å². The molecular weight excluding hydrogens is 214 g/mol. The summed E-state index contributed by atoms with van der Waals surface area (Å²) in [5.74, 6) is 0.419. The quantitative estimate of drug-likeness (QED) is 0.619. The van der Waals surface area contributed by atoms with Gasteiger partial charge in [0.25, 0.3) is 10.2 Å². The van der Waals surface area contributed by atoms with Crippen LogP contribution < -0.4 is 14.8 Å². The highest BCUT2D eigenvalue weighted by Gasteiger charge is 2.16. The molecule has 1 heterocycles. The average molecular weight is 235 g/mol. The van der Waals surface area contributed by atoms with Crippen molar-refractivity contribution in [1.82, 2.24) is 14.8 Å². The van der Waals surface area contributed by atoms with E-state index in [1.54, 1.807) is 13.8 Å². The minimum absolute atomic E-state index is 0.0630. The van der Waals surface area contributed by atoms with Gasteiger partial charge in [-0.2, -0.15) is 13.1 Å². The van der Waals surface area contributed by atoms with Gasteiger partial charge in [-0.25, -0.2) is 4.72 Å². The van der Waals surface area contributed by atoms with E-state index in [1.165, 1.54) is 0 Å². The van der Waals surface area contributed by atoms with Crippen LogP contribution in [-0.2, 0) is 10.2 Å². The molecule has 0 amide bonds. The first-order valence-corrected chi connectivity index (χ1v) is 6.95. The normalized spacial score (nSPS) is 23.3. The van der Waals surface area contributed by atoms with E-state index in [4.69, 9.17) is 0 Å². The summed E-state index contributed by atoms with van der Waals surface area (Å²) < 4.78 is 28.0. The summed E-state index contributed by atoms with van der Waals surface area (Å²) in [6.45, 7) is 6.09. The van der Waals surface area contributed by atoms with E-state index in [1.807, 2.05) is 0 Å². The van der Waals surface area contributed by atoms with Crippen LogP contribution >= 0.6 is 0 Å². The van der Waals surface area contributed by atoms with Gasteiger partial charge in [0.15, 0.2) is 0 Å². The Labute approximate surface area is 92.2 Å². The van der Waals surface area contributed by atoms with Gasteiger partial charge >= 0.3 is 0 Å². The molecule has 3 N–H and O–H groups in total. The fraction of sp³-hybridized carbons (Fsp3) is 1.00. The first kappa shape index (κ1) is 12.9. The Balaban J connectivity index is 2.28. The minimum atomic E-state index is -3.31. The molecule has 1 rings (SSSR count). The largest absolute Gasteiger partial charge is 0.316 e. The van der Waals surface area contributed by atoms with Crippen molar-refractivity contribution in [1.29, 1.82) is 0 Å². The highest BCUT2D eigenvalue weighted by atomic mass is 32.2. The van der Waals surface area contributed by atoms with Crippen molar-refractivity contribution in [3.8, 4) is 0 Å². The maximum Gasteiger partial charge on any atom is 0.277 e. The van der Waals surface area contributed by atoms with Crippen molar-refractivity contribution < 1.29 is 8.42 Å². The lowest BCUT2D eigenvalue weighted by Crippen LogP contribution is -2.44. The van der Waals surface area contributed by atoms with Gasteiger partial charge in [-0.15, -0.1) is 0 Å². The standard InChI is InChI=1S/C9H21N3O2S/c1-8(2)12-15(13,14)11-7-9-4-3-5-10-6-9/h8-12H,3-7H2,1-2H3. The van der Waals surface area contributed by atoms with Crippen LogP contribution in [0.5, 0.6) is 0 Å². The second kappa shape index (κ2) is 5.79. The average Bonchev–Trinajstić information content (AvgIpc) is 2.15. The van der Waals surface area contributed by atoms with Gasteiger partial charge in [-0.3, -0.25) is 0 Å². The number of nitrogens with one attached hydrogen (secondary N) is 3. The van der Waals surface area contributed by atoms with Crippen LogP contribution in [0.4, 0.5) is 0 Å². The van der Waals surface area contributed by atoms with Gasteiger partial charge in [0, 0.05) is 12.6 Å². The zero-order valence-corrected chi connectivity index (χ0v) is 10.2. The van der Waals surface area contributed by atoms with Crippen LogP contribution in [0.15, 0.2) is 0 Å². The van der Waals surface area contributed by atoms with Crippen LogP contribution in [-0.4, -0.2) is 34.1 Å². The molecule has 0 bridgehead atoms. The molecule has 1 atom stereocenters. The highest BCUT2D eigenvalue weighted by Crippen LogP contribution is 2.08. The molecule has 1 aliphatic heterocycles. The van der Waals surface area contributed by atoms with E-state index in [9.17, 15) is 8.42 Å². The predicted molar refractivity (Wildman–Crippen MR) is 60.8 cm³/mol. The van der Waals surface area contributed by atoms with Gasteiger partial charge in [0.2, 0.25) is 0 Å². The molecule has 0 saturated carbocycles. The molecule has 5 nitrogen and oxygen atoms in total. The molecule has 1 fully saturated rings. The molecule has 90 valence electrons. The summed E-state index contributed by atoms with van der Waals surface area (Å²) in [5, 5.41) is 3.26. The molecule has 0 aromatic rings. The Morgan fingerprint density at radius 2 is 2.20 bits per heavy atom. The lowest BCUT2D eigenvalue weighted by atomic mass is 10.0. The zero-order valence-electron chi connectivity index (χ0n) is 9.41. The topological polar surface area (TPSA) is 70.2 Å². The summed E-state index contributed by atoms with van der Waals surface area (Å²) in [5.41, 5.74) is 0. The molecule has 0 radical (unpaired) electrons. The van der Waals surface area contributed by atoms with Gasteiger partial charge in [0.05, 0.1) is 0 Å². The van der Waals surface area contributed by atoms with Crippen molar-refractivity contribution in [3.05, 3.63) is 0 Å². The molecule has 0 aliphatic carbocycles. The van der Waals surface area contributed by atoms with Gasteiger partial charge in [-0.1, -0.05) is 0 Å². The highest BCUT2D eigenvalue weighted by molar-refractivity contribution is 7.87. The van der Waals surface area contributed by atoms with E-state index in [-0.39, 0.29) is 6.04 Å². The molecule has 6 heteroatoms. The van der Waals surface area contributed by atoms with Gasteiger partial charge in [0.1, 0.15) is 0 Å². The Morgan fingerprint density at radius 1 is 1.47 bits per heavy atom. The third kappa shape index (κ3) is 5.46. The molecule has 1 aliphatic rings. The zero-order chi connectivity index (χ0) is 11.3. The Bertz CT molecular complexity index is 271. The summed E-state index contributed by atoms with van der Waals surface area (Å²) in [7, 11) is -3.31. The van der Waals surface area contributed by atoms with Crippen molar-refractivity contribution in [2.75, 3.05) is 19.6 Å². The molecule has 1 saturated heterocycles. The fourth-order valence-electron chi connectivity index (χ4n) is 1.68. The summed E-state index contributed by atoms with van der Waals surface area (Å²) >= 11 is 0. The van der Waals surface area contributed by atoms with Crippen molar-refractivity contribution in [2.45, 2.75) is 32.7 Å². The van der Waals surface area contributed by atoms with Crippen molar-refractivity contribution in [2.24, 2.45) is 5.92 Å². The van der Waals surface area contributed by atoms with Crippen LogP contribution in [0, 0.1) is 5.92 Å². The second-order valence-electron chi connectivity index (χ2n) is 4.34. The molecular formula is C9H21N3O2S. The van der Waals surface area contributed by atoms with Crippen molar-refractivity contribution >= 4 is 10.2 Å². The number of hydrogen-bond donors (Lipinski definition) is 3. The lowest BCUT2D eigenvalue weighted by Gasteiger charge is -2.23. The van der Waals surface area contributed by atoms with Crippen LogP contribution in [0.3, 0.4) is 0 Å². The Kier molecular flexibility index (Phi) is 4.98. The summed E-state index contributed by atoms with van der Waals surface area (Å²) in [6, 6.07) is -0.0630. The van der Waals surface area contributed by atoms with E-state index in [2.05, 4.69) is 14.8 Å². The maximum absolute atomic E-state index is 11.4. The fourth-order valence-corrected chi connectivity index (χ4v) is 2.84. The molecule has 0 aromatic carbocycles. The minimum Gasteiger partial charge on any atom is -0.316 e. The molecule has 0 aromatic heterocycles. The third-order valence-corrected chi connectivity index (χ3v) is 3.68. The molecule has 0 spiro atoms. The first-order chi connectivity index (χ1) is 6.99. The first-order valence-electron chi connectivity index (χ1n) is 5.47. The van der Waals surface area contributed by atoms with Crippen LogP contribution in [0.25, 0.3) is 0 Å². The molecule has 1 unspecified atom stereocenters. The second-order valence-corrected chi connectivity index (χ2v) is 5.87. The number of hydrogen-bond acceptors (Lipinski definition) is 3. The van der Waals surface area contributed by atoms with E-state index in [0.29, 0.717) is 12.5 Å². The van der Waals surface area contributed by atoms with Gasteiger partial charge < -0.3 is 5.32 Å². The number of piperidine rings is 1. The van der Waals surface area contributed by atoms with Gasteiger partial charge in [-0.05, 0) is 45.7 Å². The third-order valence-electron chi connectivity index (χ3n) is 2.35.